The summed E-state index contributed by atoms with van der Waals surface area (Å²) in [5.41, 5.74) is 3.04. The van der Waals surface area contributed by atoms with Gasteiger partial charge in [0.1, 0.15) is 6.07 Å². The molecule has 0 radical (unpaired) electrons. The molecule has 0 spiro atoms. The molecule has 6 nitrogen and oxygen atoms in total. The molecule has 24 heavy (non-hydrogen) atoms. The van der Waals surface area contributed by atoms with Crippen molar-refractivity contribution in [1.29, 1.82) is 5.26 Å². The number of nitrogens with one attached hydrogen (secondary N) is 1. The molecular weight excluding hydrogens is 371 g/mol. The van der Waals surface area contributed by atoms with Crippen molar-refractivity contribution in [3.05, 3.63) is 45.6 Å². The Morgan fingerprint density at radius 3 is 2.67 bits per heavy atom. The summed E-state index contributed by atoms with van der Waals surface area (Å²) < 4.78 is 4.74. The van der Waals surface area contributed by atoms with Crippen LogP contribution in [0.15, 0.2) is 40.1 Å². The number of hydrogen-bond donors (Lipinski definition) is 1. The summed E-state index contributed by atoms with van der Waals surface area (Å²) in [6, 6.07) is 6.85. The van der Waals surface area contributed by atoms with E-state index >= 15 is 0 Å². The first-order chi connectivity index (χ1) is 11.5. The number of nitriles is 1. The SMILES string of the molecule is CCOC(=O)/C(C#N)=C/N=C(N/N=C\c1c(Cl)cccc1Cl)SC. The number of ether oxygens (including phenoxy) is 1. The molecule has 9 heteroatoms. The van der Waals surface area contributed by atoms with Crippen molar-refractivity contribution in [2.45, 2.75) is 6.92 Å². The number of halogens is 2. The van der Waals surface area contributed by atoms with E-state index in [4.69, 9.17) is 33.2 Å². The number of aliphatic imine (C=N–C) groups is 1. The van der Waals surface area contributed by atoms with Crippen molar-refractivity contribution in [2.75, 3.05) is 12.9 Å². The predicted molar refractivity (Wildman–Crippen MR) is 98.5 cm³/mol. The van der Waals surface area contributed by atoms with Gasteiger partial charge in [-0.15, -0.1) is 0 Å². The molecular formula is C15H14Cl2N4O2S. The Morgan fingerprint density at radius 2 is 2.12 bits per heavy atom. The van der Waals surface area contributed by atoms with Crippen molar-refractivity contribution in [2.24, 2.45) is 10.1 Å². The van der Waals surface area contributed by atoms with Crippen LogP contribution < -0.4 is 5.43 Å². The highest BCUT2D eigenvalue weighted by Crippen LogP contribution is 2.22. The zero-order valence-corrected chi connectivity index (χ0v) is 15.2. The van der Waals surface area contributed by atoms with Crippen LogP contribution in [0.25, 0.3) is 0 Å². The number of esters is 1. The minimum absolute atomic E-state index is 0.179. The predicted octanol–water partition coefficient (Wildman–Crippen LogP) is 3.61. The Morgan fingerprint density at radius 1 is 1.46 bits per heavy atom. The third kappa shape index (κ3) is 6.24. The van der Waals surface area contributed by atoms with Crippen LogP contribution in [0, 0.1) is 11.3 Å². The summed E-state index contributed by atoms with van der Waals surface area (Å²) in [6.07, 6.45) is 4.33. The van der Waals surface area contributed by atoms with E-state index in [1.807, 2.05) is 0 Å². The number of carbonyl (C=O) groups is 1. The second-order valence-electron chi connectivity index (χ2n) is 4.02. The summed E-state index contributed by atoms with van der Waals surface area (Å²) in [5, 5.41) is 14.2. The molecule has 0 heterocycles. The second-order valence-corrected chi connectivity index (χ2v) is 5.63. The van der Waals surface area contributed by atoms with Crippen molar-refractivity contribution in [3.63, 3.8) is 0 Å². The maximum Gasteiger partial charge on any atom is 0.350 e. The first-order valence-electron chi connectivity index (χ1n) is 6.65. The van der Waals surface area contributed by atoms with Gasteiger partial charge in [0, 0.05) is 5.56 Å². The number of rotatable bonds is 5. The fraction of sp³-hybridized carbons (Fsp3) is 0.200. The van der Waals surface area contributed by atoms with Crippen LogP contribution in [0.2, 0.25) is 10.0 Å². The topological polar surface area (TPSA) is 86.8 Å². The number of amidine groups is 1. The Balaban J connectivity index is 2.85. The van der Waals surface area contributed by atoms with E-state index < -0.39 is 5.97 Å². The maximum absolute atomic E-state index is 11.5. The van der Waals surface area contributed by atoms with Gasteiger partial charge >= 0.3 is 5.97 Å². The summed E-state index contributed by atoms with van der Waals surface area (Å²) in [6.45, 7) is 1.83. The minimum Gasteiger partial charge on any atom is -0.462 e. The van der Waals surface area contributed by atoms with E-state index in [1.165, 1.54) is 18.0 Å². The molecule has 126 valence electrons. The average molecular weight is 385 g/mol. The summed E-state index contributed by atoms with van der Waals surface area (Å²) >= 11 is 13.3. The lowest BCUT2D eigenvalue weighted by molar-refractivity contribution is -0.138. The Kier molecular flexibility index (Phi) is 8.94. The molecule has 0 bridgehead atoms. The molecule has 0 saturated heterocycles. The van der Waals surface area contributed by atoms with E-state index in [1.54, 1.807) is 37.4 Å². The number of hydrazone groups is 1. The first kappa shape index (κ1) is 20.0. The van der Waals surface area contributed by atoms with E-state index in [2.05, 4.69) is 15.5 Å². The van der Waals surface area contributed by atoms with Crippen LogP contribution in [0.1, 0.15) is 12.5 Å². The van der Waals surface area contributed by atoms with Crippen molar-refractivity contribution < 1.29 is 9.53 Å². The monoisotopic (exact) mass is 384 g/mol. The van der Waals surface area contributed by atoms with Gasteiger partial charge in [-0.05, 0) is 25.3 Å². The van der Waals surface area contributed by atoms with Gasteiger partial charge in [0.05, 0.1) is 29.1 Å². The van der Waals surface area contributed by atoms with Gasteiger partial charge in [-0.3, -0.25) is 5.43 Å². The fourth-order valence-electron chi connectivity index (χ4n) is 1.37. The number of thioether (sulfide) groups is 1. The number of carbonyl (C=O) groups excluding carboxylic acids is 1. The molecule has 1 aromatic rings. The van der Waals surface area contributed by atoms with Crippen LogP contribution in [0.5, 0.6) is 0 Å². The molecule has 0 saturated carbocycles. The molecule has 0 fully saturated rings. The molecule has 0 aliphatic carbocycles. The zero-order chi connectivity index (χ0) is 17.9. The lowest BCUT2D eigenvalue weighted by Crippen LogP contribution is -2.13. The van der Waals surface area contributed by atoms with Crippen molar-refractivity contribution in [3.8, 4) is 6.07 Å². The largest absolute Gasteiger partial charge is 0.462 e. The van der Waals surface area contributed by atoms with Crippen LogP contribution in [0.3, 0.4) is 0 Å². The molecule has 0 aromatic heterocycles. The smallest absolute Gasteiger partial charge is 0.350 e. The van der Waals surface area contributed by atoms with E-state index in [9.17, 15) is 4.79 Å². The Labute approximate surface area is 154 Å². The lowest BCUT2D eigenvalue weighted by atomic mass is 10.2. The number of hydrogen-bond acceptors (Lipinski definition) is 6. The van der Waals surface area contributed by atoms with Gasteiger partial charge in [-0.25, -0.2) is 9.79 Å². The highest BCUT2D eigenvalue weighted by atomic mass is 35.5. The van der Waals surface area contributed by atoms with E-state index in [0.717, 1.165) is 6.20 Å². The van der Waals surface area contributed by atoms with Crippen LogP contribution in [0.4, 0.5) is 0 Å². The molecule has 0 amide bonds. The minimum atomic E-state index is -0.726. The van der Waals surface area contributed by atoms with Gasteiger partial charge in [0.15, 0.2) is 10.7 Å². The molecule has 1 N–H and O–H groups in total. The lowest BCUT2D eigenvalue weighted by Gasteiger charge is -2.02. The summed E-state index contributed by atoms with van der Waals surface area (Å²) in [5.74, 6) is -0.726. The van der Waals surface area contributed by atoms with E-state index in [-0.39, 0.29) is 12.2 Å². The second kappa shape index (κ2) is 10.7. The Hall–Kier alpha value is -2.01. The molecule has 0 atom stereocenters. The standard InChI is InChI=1S/C15H14Cl2N4O2S/c1-3-23-14(22)10(7-18)8-19-15(24-2)21-20-9-11-12(16)5-4-6-13(11)17/h4-6,8-9H,3H2,1-2H3,(H,19,21)/b10-8+,20-9-. The third-order valence-electron chi connectivity index (χ3n) is 2.47. The van der Waals surface area contributed by atoms with E-state index in [0.29, 0.717) is 20.8 Å². The summed E-state index contributed by atoms with van der Waals surface area (Å²) in [7, 11) is 0. The maximum atomic E-state index is 11.5. The molecule has 0 aliphatic rings. The summed E-state index contributed by atoms with van der Waals surface area (Å²) in [4.78, 5) is 15.5. The van der Waals surface area contributed by atoms with Crippen molar-refractivity contribution in [1.82, 2.24) is 5.43 Å². The highest BCUT2D eigenvalue weighted by molar-refractivity contribution is 8.13. The molecule has 0 unspecified atom stereocenters. The zero-order valence-electron chi connectivity index (χ0n) is 12.9. The number of benzene rings is 1. The van der Waals surface area contributed by atoms with Gasteiger partial charge < -0.3 is 4.74 Å². The normalized spacial score (nSPS) is 12.1. The van der Waals surface area contributed by atoms with Gasteiger partial charge in [-0.2, -0.15) is 10.4 Å². The average Bonchev–Trinajstić information content (AvgIpc) is 2.56. The van der Waals surface area contributed by atoms with Gasteiger partial charge in [0.25, 0.3) is 0 Å². The Bertz CT molecular complexity index is 706. The van der Waals surface area contributed by atoms with Gasteiger partial charge in [-0.1, -0.05) is 41.0 Å². The third-order valence-corrected chi connectivity index (χ3v) is 3.72. The van der Waals surface area contributed by atoms with Crippen LogP contribution in [-0.4, -0.2) is 30.2 Å². The van der Waals surface area contributed by atoms with Crippen LogP contribution >= 0.6 is 35.0 Å². The number of nitrogens with zero attached hydrogens (tertiary/aromatic N) is 3. The highest BCUT2D eigenvalue weighted by Gasteiger charge is 2.09. The molecule has 1 rings (SSSR count). The van der Waals surface area contributed by atoms with Crippen LogP contribution in [-0.2, 0) is 9.53 Å². The van der Waals surface area contributed by atoms with Crippen molar-refractivity contribution >= 4 is 52.3 Å². The molecule has 0 aliphatic heterocycles. The fourth-order valence-corrected chi connectivity index (χ4v) is 2.17. The quantitative estimate of drug-likeness (QED) is 0.209. The van der Waals surface area contributed by atoms with Gasteiger partial charge in [0.2, 0.25) is 0 Å². The first-order valence-corrected chi connectivity index (χ1v) is 8.63. The molecule has 1 aromatic carbocycles.